The number of carbonyl (C=O) groups is 1. The van der Waals surface area contributed by atoms with E-state index in [9.17, 15) is 4.79 Å². The van der Waals surface area contributed by atoms with Crippen molar-refractivity contribution in [3.8, 4) is 11.5 Å². The van der Waals surface area contributed by atoms with Gasteiger partial charge in [0.1, 0.15) is 0 Å². The molecule has 0 saturated carbocycles. The maximum absolute atomic E-state index is 12.0. The van der Waals surface area contributed by atoms with E-state index >= 15 is 0 Å². The Morgan fingerprint density at radius 3 is 2.65 bits per heavy atom. The average Bonchev–Trinajstić information content (AvgIpc) is 3.11. The monoisotopic (exact) mass is 406 g/mol. The molecule has 2 heterocycles. The van der Waals surface area contributed by atoms with E-state index in [1.54, 1.807) is 42.2 Å². The second-order valence-corrected chi connectivity index (χ2v) is 7.68. The fourth-order valence-corrected chi connectivity index (χ4v) is 3.27. The highest BCUT2D eigenvalue weighted by atomic mass is 35.5. The summed E-state index contributed by atoms with van der Waals surface area (Å²) in [6, 6.07) is 10.8. The van der Waals surface area contributed by atoms with Crippen molar-refractivity contribution in [1.82, 2.24) is 15.2 Å². The van der Waals surface area contributed by atoms with Gasteiger partial charge in [0, 0.05) is 10.6 Å². The van der Waals surface area contributed by atoms with Crippen LogP contribution in [0, 0.1) is 0 Å². The summed E-state index contributed by atoms with van der Waals surface area (Å²) in [7, 11) is 0. The van der Waals surface area contributed by atoms with Gasteiger partial charge in [0.25, 0.3) is 5.22 Å². The van der Waals surface area contributed by atoms with Crippen molar-refractivity contribution in [3.63, 3.8) is 0 Å². The van der Waals surface area contributed by atoms with Crippen LogP contribution in [-0.2, 0) is 4.79 Å². The molecule has 3 aromatic rings. The van der Waals surface area contributed by atoms with Crippen molar-refractivity contribution < 1.29 is 9.21 Å². The Kier molecular flexibility index (Phi) is 6.54. The van der Waals surface area contributed by atoms with Gasteiger partial charge in [-0.25, -0.2) is 4.98 Å². The molecule has 1 aromatic carbocycles. The fraction of sp³-hybridized carbons (Fsp3) is 0.176. The molecule has 1 amide bonds. The van der Waals surface area contributed by atoms with Crippen molar-refractivity contribution in [2.24, 2.45) is 0 Å². The largest absolute Gasteiger partial charge is 0.411 e. The van der Waals surface area contributed by atoms with Crippen LogP contribution in [0.1, 0.15) is 6.92 Å². The lowest BCUT2D eigenvalue weighted by molar-refractivity contribution is -0.113. The Morgan fingerprint density at radius 1 is 1.15 bits per heavy atom. The number of thioether (sulfide) groups is 2. The number of anilines is 1. The summed E-state index contributed by atoms with van der Waals surface area (Å²) >= 11 is 8.68. The smallest absolute Gasteiger partial charge is 0.277 e. The summed E-state index contributed by atoms with van der Waals surface area (Å²) < 4.78 is 5.56. The molecule has 2 aromatic heterocycles. The lowest BCUT2D eigenvalue weighted by Gasteiger charge is -2.04. The predicted molar refractivity (Wildman–Crippen MR) is 105 cm³/mol. The molecule has 1 N–H and O–H groups in total. The van der Waals surface area contributed by atoms with Crippen LogP contribution in [-0.4, -0.2) is 32.6 Å². The number of amides is 1. The van der Waals surface area contributed by atoms with Crippen LogP contribution >= 0.6 is 35.1 Å². The Morgan fingerprint density at radius 2 is 1.96 bits per heavy atom. The van der Waals surface area contributed by atoms with E-state index in [0.717, 1.165) is 16.3 Å². The zero-order chi connectivity index (χ0) is 18.4. The number of hydrogen-bond donors (Lipinski definition) is 1. The molecule has 0 spiro atoms. The molecule has 0 fully saturated rings. The Bertz CT molecular complexity index is 869. The lowest BCUT2D eigenvalue weighted by atomic mass is 10.2. The number of benzene rings is 1. The molecule has 0 bridgehead atoms. The molecular formula is C17H15ClN4O2S2. The van der Waals surface area contributed by atoms with Gasteiger partial charge in [0.15, 0.2) is 0 Å². The number of pyridine rings is 1. The van der Waals surface area contributed by atoms with Crippen LogP contribution in [0.25, 0.3) is 11.5 Å². The highest BCUT2D eigenvalue weighted by Gasteiger charge is 2.11. The molecule has 0 saturated heterocycles. The van der Waals surface area contributed by atoms with Crippen molar-refractivity contribution >= 4 is 46.7 Å². The molecule has 0 aliphatic rings. The van der Waals surface area contributed by atoms with E-state index in [1.165, 1.54) is 11.8 Å². The van der Waals surface area contributed by atoms with E-state index in [4.69, 9.17) is 16.0 Å². The van der Waals surface area contributed by atoms with Crippen molar-refractivity contribution in [1.29, 1.82) is 0 Å². The molecule has 134 valence electrons. The van der Waals surface area contributed by atoms with Crippen molar-refractivity contribution in [2.45, 2.75) is 17.2 Å². The highest BCUT2D eigenvalue weighted by Crippen LogP contribution is 2.24. The van der Waals surface area contributed by atoms with E-state index in [-0.39, 0.29) is 11.7 Å². The molecule has 3 rings (SSSR count). The SMILES string of the molecule is CCSc1ccc(NC(=O)CSc2nnc(-c3ccc(Cl)cc3)o2)cn1. The van der Waals surface area contributed by atoms with Gasteiger partial charge in [-0.1, -0.05) is 30.3 Å². The Balaban J connectivity index is 1.52. The Hall–Kier alpha value is -2.03. The minimum Gasteiger partial charge on any atom is -0.411 e. The predicted octanol–water partition coefficient (Wildman–Crippen LogP) is 4.63. The van der Waals surface area contributed by atoms with E-state index in [1.807, 2.05) is 12.1 Å². The summed E-state index contributed by atoms with van der Waals surface area (Å²) in [6.45, 7) is 2.06. The van der Waals surface area contributed by atoms with Crippen LogP contribution < -0.4 is 5.32 Å². The van der Waals surface area contributed by atoms with Gasteiger partial charge in [-0.05, 0) is 42.2 Å². The van der Waals surface area contributed by atoms with E-state index < -0.39 is 0 Å². The van der Waals surface area contributed by atoms with Crippen LogP contribution in [0.2, 0.25) is 5.02 Å². The number of aromatic nitrogens is 3. The summed E-state index contributed by atoms with van der Waals surface area (Å²) in [6.07, 6.45) is 1.64. The fourth-order valence-electron chi connectivity index (χ4n) is 1.99. The molecule has 6 nitrogen and oxygen atoms in total. The number of hydrogen-bond acceptors (Lipinski definition) is 7. The standard InChI is InChI=1S/C17H15ClN4O2S2/c1-2-25-15-8-7-13(9-19-15)20-14(23)10-26-17-22-21-16(24-17)11-3-5-12(18)6-4-11/h3-9H,2,10H2,1H3,(H,20,23). The third-order valence-corrected chi connectivity index (χ3v) is 5.03. The lowest BCUT2D eigenvalue weighted by Crippen LogP contribution is -2.14. The minimum atomic E-state index is -0.168. The van der Waals surface area contributed by atoms with Gasteiger partial charge >= 0.3 is 0 Å². The topological polar surface area (TPSA) is 80.9 Å². The van der Waals surface area contributed by atoms with Crippen LogP contribution in [0.5, 0.6) is 0 Å². The van der Waals surface area contributed by atoms with Gasteiger partial charge in [0.05, 0.1) is 22.7 Å². The zero-order valence-electron chi connectivity index (χ0n) is 13.8. The second kappa shape index (κ2) is 9.07. The van der Waals surface area contributed by atoms with Crippen LogP contribution in [0.15, 0.2) is 57.3 Å². The molecule has 0 aliphatic heterocycles. The minimum absolute atomic E-state index is 0.160. The summed E-state index contributed by atoms with van der Waals surface area (Å²) in [4.78, 5) is 16.3. The van der Waals surface area contributed by atoms with Gasteiger partial charge < -0.3 is 9.73 Å². The number of nitrogens with zero attached hydrogens (tertiary/aromatic N) is 3. The third kappa shape index (κ3) is 5.23. The second-order valence-electron chi connectivity index (χ2n) is 5.03. The number of carbonyl (C=O) groups excluding carboxylic acids is 1. The average molecular weight is 407 g/mol. The van der Waals surface area contributed by atoms with Gasteiger partial charge in [-0.3, -0.25) is 4.79 Å². The van der Waals surface area contributed by atoms with Gasteiger partial charge in [0.2, 0.25) is 11.8 Å². The summed E-state index contributed by atoms with van der Waals surface area (Å²) in [5.74, 6) is 1.34. The molecule has 9 heteroatoms. The third-order valence-electron chi connectivity index (χ3n) is 3.14. The maximum Gasteiger partial charge on any atom is 0.277 e. The van der Waals surface area contributed by atoms with E-state index in [2.05, 4.69) is 27.4 Å². The Labute approximate surface area is 164 Å². The quantitative estimate of drug-likeness (QED) is 0.573. The number of rotatable bonds is 7. The summed E-state index contributed by atoms with van der Waals surface area (Å²) in [5, 5.41) is 12.6. The van der Waals surface area contributed by atoms with Gasteiger partial charge in [-0.2, -0.15) is 0 Å². The normalized spacial score (nSPS) is 10.7. The molecular weight excluding hydrogens is 392 g/mol. The molecule has 0 unspecified atom stereocenters. The van der Waals surface area contributed by atoms with Crippen LogP contribution in [0.4, 0.5) is 5.69 Å². The van der Waals surface area contributed by atoms with Crippen molar-refractivity contribution in [2.75, 3.05) is 16.8 Å². The first-order chi connectivity index (χ1) is 12.6. The molecule has 0 radical (unpaired) electrons. The summed E-state index contributed by atoms with van der Waals surface area (Å²) in [5.41, 5.74) is 1.43. The first-order valence-electron chi connectivity index (χ1n) is 7.75. The highest BCUT2D eigenvalue weighted by molar-refractivity contribution is 7.99. The molecule has 0 aliphatic carbocycles. The maximum atomic E-state index is 12.0. The van der Waals surface area contributed by atoms with E-state index in [0.29, 0.717) is 21.8 Å². The molecule has 0 atom stereocenters. The first-order valence-corrected chi connectivity index (χ1v) is 10.1. The number of halogens is 1. The van der Waals surface area contributed by atoms with Crippen molar-refractivity contribution in [3.05, 3.63) is 47.6 Å². The molecule has 26 heavy (non-hydrogen) atoms. The number of nitrogens with one attached hydrogen (secondary N) is 1. The van der Waals surface area contributed by atoms with Gasteiger partial charge in [-0.15, -0.1) is 22.0 Å². The van der Waals surface area contributed by atoms with Crippen LogP contribution in [0.3, 0.4) is 0 Å². The first kappa shape index (κ1) is 18.8. The zero-order valence-corrected chi connectivity index (χ0v) is 16.2.